The molecule has 0 unspecified atom stereocenters. The molecule has 6 heteroatoms. The minimum Gasteiger partial charge on any atom is -0.322 e. The van der Waals surface area contributed by atoms with E-state index in [0.29, 0.717) is 16.9 Å². The van der Waals surface area contributed by atoms with Crippen LogP contribution >= 0.6 is 15.9 Å². The number of amides is 1. The zero-order valence-corrected chi connectivity index (χ0v) is 18.7. The van der Waals surface area contributed by atoms with Gasteiger partial charge in [0.25, 0.3) is 5.91 Å². The summed E-state index contributed by atoms with van der Waals surface area (Å²) in [6.07, 6.45) is 0. The van der Waals surface area contributed by atoms with Crippen LogP contribution in [0.1, 0.15) is 37.7 Å². The van der Waals surface area contributed by atoms with Gasteiger partial charge in [-0.25, -0.2) is 4.68 Å². The number of nitrogens with one attached hydrogen (secondary N) is 1. The van der Waals surface area contributed by atoms with Crippen molar-refractivity contribution in [2.45, 2.75) is 13.8 Å². The van der Waals surface area contributed by atoms with Gasteiger partial charge in [-0.1, -0.05) is 51.8 Å². The van der Waals surface area contributed by atoms with Crippen LogP contribution in [0, 0.1) is 13.8 Å². The first-order valence-electron chi connectivity index (χ1n) is 9.77. The standard InChI is InChI=1S/C25H20BrN3O2/c1-16-8-14-20(15-9-16)27-25(31)22-17(2)29(21-6-4-3-5-7-21)28-23(22)24(30)18-10-12-19(26)13-11-18/h3-15H,1-2H3,(H,27,31). The van der Waals surface area contributed by atoms with Crippen molar-refractivity contribution in [3.8, 4) is 5.69 Å². The quantitative estimate of drug-likeness (QED) is 0.376. The maximum Gasteiger partial charge on any atom is 0.259 e. The predicted molar refractivity (Wildman–Crippen MR) is 125 cm³/mol. The van der Waals surface area contributed by atoms with Gasteiger partial charge in [0.1, 0.15) is 5.69 Å². The fourth-order valence-electron chi connectivity index (χ4n) is 3.32. The Balaban J connectivity index is 1.80. The van der Waals surface area contributed by atoms with Crippen molar-refractivity contribution in [1.29, 1.82) is 0 Å². The van der Waals surface area contributed by atoms with Crippen molar-refractivity contribution in [2.75, 3.05) is 5.32 Å². The van der Waals surface area contributed by atoms with Gasteiger partial charge < -0.3 is 5.32 Å². The summed E-state index contributed by atoms with van der Waals surface area (Å²) in [5.41, 5.74) is 3.97. The van der Waals surface area contributed by atoms with E-state index in [4.69, 9.17) is 0 Å². The molecule has 0 saturated carbocycles. The first-order valence-corrected chi connectivity index (χ1v) is 10.6. The van der Waals surface area contributed by atoms with Crippen LogP contribution in [0.4, 0.5) is 5.69 Å². The lowest BCUT2D eigenvalue weighted by molar-refractivity contribution is 0.0994. The maximum absolute atomic E-state index is 13.3. The summed E-state index contributed by atoms with van der Waals surface area (Å²) >= 11 is 3.38. The number of benzene rings is 3. The molecule has 1 heterocycles. The summed E-state index contributed by atoms with van der Waals surface area (Å²) < 4.78 is 2.50. The molecule has 0 aliphatic carbocycles. The summed E-state index contributed by atoms with van der Waals surface area (Å²) in [6, 6.07) is 24.0. The Labute approximate surface area is 188 Å². The number of carbonyl (C=O) groups excluding carboxylic acids is 2. The lowest BCUT2D eigenvalue weighted by atomic mass is 10.0. The molecular formula is C25H20BrN3O2. The highest BCUT2D eigenvalue weighted by molar-refractivity contribution is 9.10. The van der Waals surface area contributed by atoms with Crippen LogP contribution in [0.5, 0.6) is 0 Å². The van der Waals surface area contributed by atoms with Gasteiger partial charge in [-0.3, -0.25) is 9.59 Å². The number of carbonyl (C=O) groups is 2. The molecule has 1 N–H and O–H groups in total. The minimum absolute atomic E-state index is 0.119. The molecule has 4 rings (SSSR count). The summed E-state index contributed by atoms with van der Waals surface area (Å²) in [6.45, 7) is 3.77. The number of ketones is 1. The van der Waals surface area contributed by atoms with Gasteiger partial charge in [-0.05, 0) is 62.4 Å². The highest BCUT2D eigenvalue weighted by atomic mass is 79.9. The highest BCUT2D eigenvalue weighted by Gasteiger charge is 2.27. The fourth-order valence-corrected chi connectivity index (χ4v) is 3.59. The number of para-hydroxylation sites is 1. The van der Waals surface area contributed by atoms with Crippen LogP contribution in [0.3, 0.4) is 0 Å². The number of anilines is 1. The van der Waals surface area contributed by atoms with Gasteiger partial charge in [0, 0.05) is 15.7 Å². The topological polar surface area (TPSA) is 64.0 Å². The third-order valence-electron chi connectivity index (χ3n) is 4.98. The smallest absolute Gasteiger partial charge is 0.259 e. The van der Waals surface area contributed by atoms with Crippen molar-refractivity contribution in [1.82, 2.24) is 9.78 Å². The number of aromatic nitrogens is 2. The van der Waals surface area contributed by atoms with Gasteiger partial charge in [0.05, 0.1) is 16.9 Å². The monoisotopic (exact) mass is 473 g/mol. The van der Waals surface area contributed by atoms with Crippen molar-refractivity contribution >= 4 is 33.3 Å². The first kappa shape index (κ1) is 20.8. The molecule has 0 radical (unpaired) electrons. The summed E-state index contributed by atoms with van der Waals surface area (Å²) in [4.78, 5) is 26.6. The van der Waals surface area contributed by atoms with E-state index >= 15 is 0 Å². The number of aryl methyl sites for hydroxylation is 1. The molecular weight excluding hydrogens is 454 g/mol. The Bertz CT molecular complexity index is 1240. The minimum atomic E-state index is -0.371. The lowest BCUT2D eigenvalue weighted by Gasteiger charge is -2.08. The Hall–Kier alpha value is -3.51. The number of rotatable bonds is 5. The molecule has 0 atom stereocenters. The van der Waals surface area contributed by atoms with E-state index in [1.807, 2.05) is 61.5 Å². The second-order valence-corrected chi connectivity index (χ2v) is 8.13. The van der Waals surface area contributed by atoms with E-state index in [1.165, 1.54) is 0 Å². The molecule has 3 aromatic carbocycles. The Morgan fingerprint density at radius 1 is 0.871 bits per heavy atom. The largest absolute Gasteiger partial charge is 0.322 e. The molecule has 0 aliphatic rings. The molecule has 4 aromatic rings. The van der Waals surface area contributed by atoms with E-state index in [0.717, 1.165) is 15.7 Å². The fraction of sp³-hybridized carbons (Fsp3) is 0.0800. The van der Waals surface area contributed by atoms with Crippen LogP contribution in [-0.2, 0) is 0 Å². The number of halogens is 1. The molecule has 0 spiro atoms. The zero-order valence-electron chi connectivity index (χ0n) is 17.1. The SMILES string of the molecule is Cc1ccc(NC(=O)c2c(C(=O)c3ccc(Br)cc3)nn(-c3ccccc3)c2C)cc1. The van der Waals surface area contributed by atoms with Crippen LogP contribution in [0.2, 0.25) is 0 Å². The maximum atomic E-state index is 13.3. The Kier molecular flexibility index (Phi) is 5.82. The lowest BCUT2D eigenvalue weighted by Crippen LogP contribution is -2.17. The molecule has 5 nitrogen and oxygen atoms in total. The van der Waals surface area contributed by atoms with Gasteiger partial charge in [-0.2, -0.15) is 5.10 Å². The molecule has 0 saturated heterocycles. The molecule has 0 aliphatic heterocycles. The number of nitrogens with zero attached hydrogens (tertiary/aromatic N) is 2. The average Bonchev–Trinajstić information content (AvgIpc) is 3.13. The van der Waals surface area contributed by atoms with Crippen LogP contribution in [0.15, 0.2) is 83.3 Å². The second-order valence-electron chi connectivity index (χ2n) is 7.21. The van der Waals surface area contributed by atoms with Crippen molar-refractivity contribution in [3.63, 3.8) is 0 Å². The zero-order chi connectivity index (χ0) is 22.0. The third-order valence-corrected chi connectivity index (χ3v) is 5.50. The Morgan fingerprint density at radius 3 is 2.16 bits per heavy atom. The molecule has 0 fully saturated rings. The number of hydrogen-bond acceptors (Lipinski definition) is 3. The van der Waals surface area contributed by atoms with Crippen LogP contribution in [0.25, 0.3) is 5.69 Å². The number of hydrogen-bond donors (Lipinski definition) is 1. The van der Waals surface area contributed by atoms with Gasteiger partial charge >= 0.3 is 0 Å². The predicted octanol–water partition coefficient (Wildman–Crippen LogP) is 5.73. The Morgan fingerprint density at radius 2 is 1.52 bits per heavy atom. The van der Waals surface area contributed by atoms with Crippen molar-refractivity contribution < 1.29 is 9.59 Å². The van der Waals surface area contributed by atoms with Gasteiger partial charge in [0.2, 0.25) is 5.78 Å². The average molecular weight is 474 g/mol. The molecule has 154 valence electrons. The summed E-state index contributed by atoms with van der Waals surface area (Å²) in [7, 11) is 0. The second kappa shape index (κ2) is 8.70. The molecule has 1 amide bonds. The molecule has 31 heavy (non-hydrogen) atoms. The van der Waals surface area contributed by atoms with E-state index in [1.54, 1.807) is 35.9 Å². The van der Waals surface area contributed by atoms with Crippen molar-refractivity contribution in [2.24, 2.45) is 0 Å². The summed E-state index contributed by atoms with van der Waals surface area (Å²) in [5, 5.41) is 7.45. The van der Waals surface area contributed by atoms with Gasteiger partial charge in [0.15, 0.2) is 0 Å². The summed E-state index contributed by atoms with van der Waals surface area (Å²) in [5.74, 6) is -0.677. The molecule has 0 bridgehead atoms. The van der Waals surface area contributed by atoms with Crippen molar-refractivity contribution in [3.05, 3.63) is 111 Å². The molecule has 1 aromatic heterocycles. The first-order chi connectivity index (χ1) is 14.9. The third kappa shape index (κ3) is 4.34. The van der Waals surface area contributed by atoms with E-state index in [2.05, 4.69) is 26.3 Å². The van der Waals surface area contributed by atoms with E-state index in [-0.39, 0.29) is 22.9 Å². The highest BCUT2D eigenvalue weighted by Crippen LogP contribution is 2.23. The van der Waals surface area contributed by atoms with Crippen LogP contribution in [-0.4, -0.2) is 21.5 Å². The van der Waals surface area contributed by atoms with E-state index in [9.17, 15) is 9.59 Å². The van der Waals surface area contributed by atoms with Crippen LogP contribution < -0.4 is 5.32 Å². The normalized spacial score (nSPS) is 10.7. The van der Waals surface area contributed by atoms with E-state index < -0.39 is 0 Å². The van der Waals surface area contributed by atoms with Gasteiger partial charge in [-0.15, -0.1) is 0 Å².